The average Bonchev–Trinajstić information content (AvgIpc) is 2.71. The van der Waals surface area contributed by atoms with Gasteiger partial charge in [-0.3, -0.25) is 4.79 Å². The SMILES string of the molecule is Cc1ccc(NC(=O)[C@H](Cc2ccccc2)NS(=O)(=O)c2ccc(I)cc2)cc1C. The van der Waals surface area contributed by atoms with Gasteiger partial charge in [-0.15, -0.1) is 0 Å². The van der Waals surface area contributed by atoms with Crippen molar-refractivity contribution in [2.45, 2.75) is 31.2 Å². The number of amides is 1. The molecule has 0 spiro atoms. The molecule has 0 fully saturated rings. The summed E-state index contributed by atoms with van der Waals surface area (Å²) in [7, 11) is -3.86. The highest BCUT2D eigenvalue weighted by atomic mass is 127. The van der Waals surface area contributed by atoms with Crippen LogP contribution < -0.4 is 10.0 Å². The number of anilines is 1. The number of carbonyl (C=O) groups is 1. The fourth-order valence-corrected chi connectivity index (χ4v) is 4.51. The number of sulfonamides is 1. The maximum absolute atomic E-state index is 13.0. The van der Waals surface area contributed by atoms with Crippen molar-refractivity contribution >= 4 is 44.2 Å². The van der Waals surface area contributed by atoms with Crippen molar-refractivity contribution in [3.8, 4) is 0 Å². The quantitative estimate of drug-likeness (QED) is 0.441. The lowest BCUT2D eigenvalue weighted by molar-refractivity contribution is -0.117. The third kappa shape index (κ3) is 5.90. The Bertz CT molecular complexity index is 1130. The second-order valence-electron chi connectivity index (χ2n) is 7.11. The van der Waals surface area contributed by atoms with Crippen LogP contribution in [0.15, 0.2) is 77.7 Å². The molecule has 0 aromatic heterocycles. The van der Waals surface area contributed by atoms with E-state index in [1.807, 2.05) is 62.4 Å². The number of carbonyl (C=O) groups excluding carboxylic acids is 1. The maximum Gasteiger partial charge on any atom is 0.242 e. The Balaban J connectivity index is 1.86. The smallest absolute Gasteiger partial charge is 0.242 e. The largest absolute Gasteiger partial charge is 0.325 e. The Morgan fingerprint density at radius 2 is 1.60 bits per heavy atom. The molecular weight excluding hydrogens is 511 g/mol. The zero-order valence-electron chi connectivity index (χ0n) is 16.7. The molecule has 0 bridgehead atoms. The van der Waals surface area contributed by atoms with Crippen molar-refractivity contribution < 1.29 is 13.2 Å². The average molecular weight is 534 g/mol. The highest BCUT2D eigenvalue weighted by Crippen LogP contribution is 2.17. The molecule has 0 saturated heterocycles. The summed E-state index contributed by atoms with van der Waals surface area (Å²) in [5.41, 5.74) is 3.66. The van der Waals surface area contributed by atoms with Crippen LogP contribution in [0.4, 0.5) is 5.69 Å². The second kappa shape index (κ2) is 9.72. The number of benzene rings is 3. The first-order chi connectivity index (χ1) is 14.2. The first kappa shape index (κ1) is 22.5. The van der Waals surface area contributed by atoms with E-state index < -0.39 is 22.0 Å². The monoisotopic (exact) mass is 534 g/mol. The molecule has 156 valence electrons. The first-order valence-corrected chi connectivity index (χ1v) is 12.0. The summed E-state index contributed by atoms with van der Waals surface area (Å²) in [5, 5.41) is 2.85. The zero-order chi connectivity index (χ0) is 21.7. The molecule has 1 amide bonds. The highest BCUT2D eigenvalue weighted by molar-refractivity contribution is 14.1. The number of nitrogens with one attached hydrogen (secondary N) is 2. The topological polar surface area (TPSA) is 75.3 Å². The minimum atomic E-state index is -3.86. The van der Waals surface area contributed by atoms with Crippen LogP contribution in [-0.4, -0.2) is 20.4 Å². The van der Waals surface area contributed by atoms with E-state index in [-0.39, 0.29) is 11.3 Å². The maximum atomic E-state index is 13.0. The van der Waals surface area contributed by atoms with E-state index in [9.17, 15) is 13.2 Å². The summed E-state index contributed by atoms with van der Waals surface area (Å²) >= 11 is 2.11. The molecule has 3 aromatic rings. The normalized spacial score (nSPS) is 12.4. The number of hydrogen-bond donors (Lipinski definition) is 2. The fraction of sp³-hybridized carbons (Fsp3) is 0.174. The van der Waals surface area contributed by atoms with Gasteiger partial charge in [-0.2, -0.15) is 4.72 Å². The molecule has 1 atom stereocenters. The van der Waals surface area contributed by atoms with E-state index in [0.717, 1.165) is 20.3 Å². The lowest BCUT2D eigenvalue weighted by Gasteiger charge is -2.19. The number of rotatable bonds is 7. The van der Waals surface area contributed by atoms with E-state index in [4.69, 9.17) is 0 Å². The van der Waals surface area contributed by atoms with E-state index in [2.05, 4.69) is 32.6 Å². The molecule has 3 aromatic carbocycles. The highest BCUT2D eigenvalue weighted by Gasteiger charge is 2.26. The molecule has 0 saturated carbocycles. The van der Waals surface area contributed by atoms with Crippen LogP contribution in [0, 0.1) is 17.4 Å². The van der Waals surface area contributed by atoms with Gasteiger partial charge in [-0.1, -0.05) is 36.4 Å². The molecule has 30 heavy (non-hydrogen) atoms. The van der Waals surface area contributed by atoms with Gasteiger partial charge in [-0.25, -0.2) is 8.42 Å². The first-order valence-electron chi connectivity index (χ1n) is 9.44. The second-order valence-corrected chi connectivity index (χ2v) is 10.1. The van der Waals surface area contributed by atoms with Crippen molar-refractivity contribution in [3.05, 3.63) is 93.1 Å². The summed E-state index contributed by atoms with van der Waals surface area (Å²) in [6.07, 6.45) is 0.237. The summed E-state index contributed by atoms with van der Waals surface area (Å²) in [6.45, 7) is 3.96. The standard InChI is InChI=1S/C23H23IN2O3S/c1-16-8-11-20(14-17(16)2)25-23(27)22(15-18-6-4-3-5-7-18)26-30(28,29)21-12-9-19(24)10-13-21/h3-14,22,26H,15H2,1-2H3,(H,25,27)/t22-/m0/s1. The van der Waals surface area contributed by atoms with Gasteiger partial charge < -0.3 is 5.32 Å². The molecular formula is C23H23IN2O3S. The Labute approximate surface area is 191 Å². The molecule has 0 radical (unpaired) electrons. The van der Waals surface area contributed by atoms with Crippen LogP contribution in [0.5, 0.6) is 0 Å². The van der Waals surface area contributed by atoms with Gasteiger partial charge in [0, 0.05) is 9.26 Å². The van der Waals surface area contributed by atoms with Gasteiger partial charge in [-0.05, 0) is 95.9 Å². The Morgan fingerprint density at radius 1 is 0.933 bits per heavy atom. The number of aryl methyl sites for hydroxylation is 2. The van der Waals surface area contributed by atoms with Crippen molar-refractivity contribution in [2.75, 3.05) is 5.32 Å². The molecule has 0 unspecified atom stereocenters. The Hall–Kier alpha value is -2.23. The van der Waals surface area contributed by atoms with Gasteiger partial charge in [0.2, 0.25) is 15.9 Å². The minimum Gasteiger partial charge on any atom is -0.325 e. The van der Waals surface area contributed by atoms with Gasteiger partial charge in [0.1, 0.15) is 6.04 Å². The molecule has 7 heteroatoms. The lowest BCUT2D eigenvalue weighted by atomic mass is 10.1. The molecule has 0 heterocycles. The van der Waals surface area contributed by atoms with Crippen LogP contribution in [0.3, 0.4) is 0 Å². The summed E-state index contributed by atoms with van der Waals surface area (Å²) in [5.74, 6) is -0.406. The Morgan fingerprint density at radius 3 is 2.23 bits per heavy atom. The van der Waals surface area contributed by atoms with Crippen LogP contribution in [0.2, 0.25) is 0 Å². The van der Waals surface area contributed by atoms with Gasteiger partial charge in [0.05, 0.1) is 4.90 Å². The van der Waals surface area contributed by atoms with E-state index in [1.165, 1.54) is 12.1 Å². The van der Waals surface area contributed by atoms with Crippen molar-refractivity contribution in [3.63, 3.8) is 0 Å². The van der Waals surface area contributed by atoms with E-state index in [1.54, 1.807) is 12.1 Å². The van der Waals surface area contributed by atoms with Crippen LogP contribution in [0.1, 0.15) is 16.7 Å². The molecule has 3 rings (SSSR count). The van der Waals surface area contributed by atoms with Crippen molar-refractivity contribution in [2.24, 2.45) is 0 Å². The van der Waals surface area contributed by atoms with Crippen LogP contribution in [-0.2, 0) is 21.2 Å². The zero-order valence-corrected chi connectivity index (χ0v) is 19.7. The van der Waals surface area contributed by atoms with Crippen LogP contribution in [0.25, 0.3) is 0 Å². The molecule has 0 aliphatic rings. The third-order valence-electron chi connectivity index (χ3n) is 4.79. The third-order valence-corrected chi connectivity index (χ3v) is 7.00. The van der Waals surface area contributed by atoms with Crippen LogP contribution >= 0.6 is 22.6 Å². The minimum absolute atomic E-state index is 0.125. The number of halogens is 1. The van der Waals surface area contributed by atoms with Crippen molar-refractivity contribution in [1.29, 1.82) is 0 Å². The number of hydrogen-bond acceptors (Lipinski definition) is 3. The molecule has 2 N–H and O–H groups in total. The fourth-order valence-electron chi connectivity index (χ4n) is 2.96. The molecule has 0 aliphatic carbocycles. The van der Waals surface area contributed by atoms with Gasteiger partial charge >= 0.3 is 0 Å². The summed E-state index contributed by atoms with van der Waals surface area (Å²) in [6, 6.07) is 20.5. The predicted molar refractivity (Wildman–Crippen MR) is 128 cm³/mol. The predicted octanol–water partition coefficient (Wildman–Crippen LogP) is 4.44. The van der Waals surface area contributed by atoms with Gasteiger partial charge in [0.25, 0.3) is 0 Å². The summed E-state index contributed by atoms with van der Waals surface area (Å²) in [4.78, 5) is 13.2. The molecule has 5 nitrogen and oxygen atoms in total. The van der Waals surface area contributed by atoms with Gasteiger partial charge in [0.15, 0.2) is 0 Å². The van der Waals surface area contributed by atoms with Crippen molar-refractivity contribution in [1.82, 2.24) is 4.72 Å². The summed E-state index contributed by atoms with van der Waals surface area (Å²) < 4.78 is 29.3. The molecule has 0 aliphatic heterocycles. The lowest BCUT2D eigenvalue weighted by Crippen LogP contribution is -2.45. The van der Waals surface area contributed by atoms with E-state index >= 15 is 0 Å². The Kier molecular flexibility index (Phi) is 7.27. The van der Waals surface area contributed by atoms with E-state index in [0.29, 0.717) is 5.69 Å².